The number of hydrogen-bond acceptors (Lipinski definition) is 3. The van der Waals surface area contributed by atoms with Crippen molar-refractivity contribution in [1.29, 1.82) is 0 Å². The SMILES string of the molecule is CCC1(CC)C(=O)N[C@@H]1Oc1ccc(CC(=O)O)cc1. The zero-order valence-electron chi connectivity index (χ0n) is 11.7. The predicted molar refractivity (Wildman–Crippen MR) is 73.4 cm³/mol. The Morgan fingerprint density at radius 2 is 1.90 bits per heavy atom. The van der Waals surface area contributed by atoms with Gasteiger partial charge in [-0.05, 0) is 30.5 Å². The Labute approximate surface area is 117 Å². The molecule has 1 aromatic carbocycles. The van der Waals surface area contributed by atoms with Crippen molar-refractivity contribution in [2.75, 3.05) is 0 Å². The van der Waals surface area contributed by atoms with E-state index in [4.69, 9.17) is 9.84 Å². The van der Waals surface area contributed by atoms with E-state index in [-0.39, 0.29) is 18.6 Å². The van der Waals surface area contributed by atoms with Gasteiger partial charge in [-0.3, -0.25) is 9.59 Å². The highest BCUT2D eigenvalue weighted by atomic mass is 16.5. The average molecular weight is 277 g/mol. The molecule has 2 N–H and O–H groups in total. The number of carbonyl (C=O) groups excluding carboxylic acids is 1. The maximum absolute atomic E-state index is 11.7. The Hall–Kier alpha value is -2.04. The van der Waals surface area contributed by atoms with Crippen LogP contribution < -0.4 is 10.1 Å². The van der Waals surface area contributed by atoms with Crippen LogP contribution in [0.15, 0.2) is 24.3 Å². The number of ether oxygens (including phenoxy) is 1. The van der Waals surface area contributed by atoms with Crippen molar-refractivity contribution in [3.63, 3.8) is 0 Å². The van der Waals surface area contributed by atoms with Crippen molar-refractivity contribution in [3.05, 3.63) is 29.8 Å². The Morgan fingerprint density at radius 1 is 1.30 bits per heavy atom. The van der Waals surface area contributed by atoms with Gasteiger partial charge in [-0.25, -0.2) is 0 Å². The molecule has 1 amide bonds. The van der Waals surface area contributed by atoms with Crippen LogP contribution in [-0.4, -0.2) is 23.2 Å². The summed E-state index contributed by atoms with van der Waals surface area (Å²) in [6, 6.07) is 6.92. The molecule has 2 rings (SSSR count). The Balaban J connectivity index is 2.04. The van der Waals surface area contributed by atoms with Gasteiger partial charge in [0.15, 0.2) is 6.23 Å². The van der Waals surface area contributed by atoms with Crippen molar-refractivity contribution in [3.8, 4) is 5.75 Å². The number of aliphatic carboxylic acids is 1. The standard InChI is InChI=1S/C15H19NO4/c1-3-15(4-2)13(19)16-14(15)20-11-7-5-10(6-8-11)9-12(17)18/h5-8,14H,3-4,9H2,1-2H3,(H,16,19)(H,17,18)/t14-/m1/s1. The van der Waals surface area contributed by atoms with Crippen LogP contribution in [0.25, 0.3) is 0 Å². The van der Waals surface area contributed by atoms with E-state index in [9.17, 15) is 9.59 Å². The maximum Gasteiger partial charge on any atom is 0.307 e. The van der Waals surface area contributed by atoms with Gasteiger partial charge >= 0.3 is 5.97 Å². The molecule has 0 radical (unpaired) electrons. The maximum atomic E-state index is 11.7. The van der Waals surface area contributed by atoms with Gasteiger partial charge in [0, 0.05) is 0 Å². The lowest BCUT2D eigenvalue weighted by Gasteiger charge is -2.47. The highest BCUT2D eigenvalue weighted by molar-refractivity contribution is 5.89. The van der Waals surface area contributed by atoms with Crippen LogP contribution >= 0.6 is 0 Å². The first kappa shape index (κ1) is 14.4. The summed E-state index contributed by atoms with van der Waals surface area (Å²) in [7, 11) is 0. The molecule has 5 heteroatoms. The minimum absolute atomic E-state index is 0.00565. The van der Waals surface area contributed by atoms with Crippen LogP contribution in [0.1, 0.15) is 32.3 Å². The smallest absolute Gasteiger partial charge is 0.307 e. The summed E-state index contributed by atoms with van der Waals surface area (Å²) in [5.41, 5.74) is 0.277. The van der Waals surface area contributed by atoms with Gasteiger partial charge in [-0.15, -0.1) is 0 Å². The normalized spacial score (nSPS) is 19.9. The van der Waals surface area contributed by atoms with Crippen LogP contribution in [0.2, 0.25) is 0 Å². The molecular weight excluding hydrogens is 258 g/mol. The number of nitrogens with one attached hydrogen (secondary N) is 1. The van der Waals surface area contributed by atoms with Crippen LogP contribution in [0.3, 0.4) is 0 Å². The van der Waals surface area contributed by atoms with Gasteiger partial charge in [0.05, 0.1) is 6.42 Å². The summed E-state index contributed by atoms with van der Waals surface area (Å²) >= 11 is 0. The number of carbonyl (C=O) groups is 2. The van der Waals surface area contributed by atoms with Gasteiger partial charge in [0.1, 0.15) is 11.2 Å². The molecular formula is C15H19NO4. The minimum atomic E-state index is -0.860. The molecule has 0 saturated carbocycles. The summed E-state index contributed by atoms with van der Waals surface area (Å²) < 4.78 is 5.80. The molecule has 0 spiro atoms. The number of carboxylic acids is 1. The van der Waals surface area contributed by atoms with E-state index < -0.39 is 11.4 Å². The summed E-state index contributed by atoms with van der Waals surface area (Å²) in [6.45, 7) is 3.96. The fourth-order valence-corrected chi connectivity index (χ4v) is 2.52. The molecule has 1 fully saturated rings. The first-order valence-corrected chi connectivity index (χ1v) is 6.80. The lowest BCUT2D eigenvalue weighted by atomic mass is 9.73. The summed E-state index contributed by atoms with van der Waals surface area (Å²) in [4.78, 5) is 22.3. The Morgan fingerprint density at radius 3 is 2.35 bits per heavy atom. The number of rotatable bonds is 6. The second kappa shape index (κ2) is 5.53. The molecule has 1 saturated heterocycles. The topological polar surface area (TPSA) is 75.6 Å². The highest BCUT2D eigenvalue weighted by Crippen LogP contribution is 2.39. The number of amides is 1. The third-order valence-electron chi connectivity index (χ3n) is 4.01. The highest BCUT2D eigenvalue weighted by Gasteiger charge is 2.54. The second-order valence-electron chi connectivity index (χ2n) is 5.05. The molecule has 1 atom stereocenters. The zero-order valence-corrected chi connectivity index (χ0v) is 11.7. The zero-order chi connectivity index (χ0) is 14.8. The number of benzene rings is 1. The van der Waals surface area contributed by atoms with E-state index in [1.54, 1.807) is 24.3 Å². The van der Waals surface area contributed by atoms with E-state index in [1.165, 1.54) is 0 Å². The van der Waals surface area contributed by atoms with Crippen LogP contribution in [0, 0.1) is 5.41 Å². The summed E-state index contributed by atoms with van der Waals surface area (Å²) in [5, 5.41) is 11.5. The Bertz CT molecular complexity index is 505. The molecule has 20 heavy (non-hydrogen) atoms. The minimum Gasteiger partial charge on any atom is -0.481 e. The molecule has 0 aliphatic carbocycles. The fourth-order valence-electron chi connectivity index (χ4n) is 2.52. The molecule has 0 bridgehead atoms. The van der Waals surface area contributed by atoms with Crippen LogP contribution in [0.4, 0.5) is 0 Å². The van der Waals surface area contributed by atoms with Crippen molar-refractivity contribution >= 4 is 11.9 Å². The third-order valence-corrected chi connectivity index (χ3v) is 4.01. The fraction of sp³-hybridized carbons (Fsp3) is 0.467. The van der Waals surface area contributed by atoms with Crippen molar-refractivity contribution < 1.29 is 19.4 Å². The van der Waals surface area contributed by atoms with Crippen LogP contribution in [0.5, 0.6) is 5.75 Å². The molecule has 1 aromatic rings. The molecule has 5 nitrogen and oxygen atoms in total. The average Bonchev–Trinajstić information content (AvgIpc) is 2.41. The summed E-state index contributed by atoms with van der Waals surface area (Å²) in [6.07, 6.45) is 1.15. The summed E-state index contributed by atoms with van der Waals surface area (Å²) in [5.74, 6) is -0.189. The molecule has 0 unspecified atom stereocenters. The van der Waals surface area contributed by atoms with Crippen LogP contribution in [-0.2, 0) is 16.0 Å². The van der Waals surface area contributed by atoms with Gasteiger partial charge in [0.2, 0.25) is 5.91 Å². The van der Waals surface area contributed by atoms with Gasteiger partial charge in [0.25, 0.3) is 0 Å². The second-order valence-corrected chi connectivity index (χ2v) is 5.05. The lowest BCUT2D eigenvalue weighted by Crippen LogP contribution is -2.69. The number of β-lactam (4-membered cyclic amide) rings is 1. The first-order valence-electron chi connectivity index (χ1n) is 6.80. The van der Waals surface area contributed by atoms with E-state index in [0.29, 0.717) is 5.75 Å². The third kappa shape index (κ3) is 2.48. The van der Waals surface area contributed by atoms with Crippen molar-refractivity contribution in [1.82, 2.24) is 5.32 Å². The molecule has 1 heterocycles. The van der Waals surface area contributed by atoms with Crippen molar-refractivity contribution in [2.24, 2.45) is 5.41 Å². The lowest BCUT2D eigenvalue weighted by molar-refractivity contribution is -0.161. The molecule has 1 aliphatic heterocycles. The van der Waals surface area contributed by atoms with Gasteiger partial charge < -0.3 is 15.2 Å². The monoisotopic (exact) mass is 277 g/mol. The number of carboxylic acid groups (broad SMARTS) is 1. The Kier molecular flexibility index (Phi) is 3.97. The van der Waals surface area contributed by atoms with E-state index in [2.05, 4.69) is 5.32 Å². The van der Waals surface area contributed by atoms with Crippen molar-refractivity contribution in [2.45, 2.75) is 39.3 Å². The molecule has 108 valence electrons. The first-order chi connectivity index (χ1) is 9.51. The van der Waals surface area contributed by atoms with E-state index in [0.717, 1.165) is 18.4 Å². The van der Waals surface area contributed by atoms with Gasteiger partial charge in [-0.1, -0.05) is 26.0 Å². The predicted octanol–water partition coefficient (Wildman–Crippen LogP) is 1.95. The molecule has 1 aliphatic rings. The van der Waals surface area contributed by atoms with Gasteiger partial charge in [-0.2, -0.15) is 0 Å². The molecule has 0 aromatic heterocycles. The number of hydrogen-bond donors (Lipinski definition) is 2. The van der Waals surface area contributed by atoms with E-state index in [1.807, 2.05) is 13.8 Å². The quantitative estimate of drug-likeness (QED) is 0.779. The largest absolute Gasteiger partial charge is 0.481 e. The van der Waals surface area contributed by atoms with E-state index >= 15 is 0 Å².